The molecule has 0 fully saturated rings. The van der Waals surface area contributed by atoms with Crippen molar-refractivity contribution < 1.29 is 19.4 Å². The molecule has 0 saturated carbocycles. The van der Waals surface area contributed by atoms with Gasteiger partial charge in [0.05, 0.1) is 12.7 Å². The Balaban J connectivity index is 1.95. The average Bonchev–Trinajstić information content (AvgIpc) is 2.59. The number of hydrogen-bond acceptors (Lipinski definition) is 4. The van der Waals surface area contributed by atoms with Gasteiger partial charge in [-0.3, -0.25) is 9.59 Å². The van der Waals surface area contributed by atoms with Gasteiger partial charge in [-0.15, -0.1) is 0 Å². The summed E-state index contributed by atoms with van der Waals surface area (Å²) >= 11 is 0. The Labute approximate surface area is 133 Å². The number of aliphatic hydroxyl groups excluding tert-OH is 1. The molecular weight excluding hydrogens is 294 g/mol. The number of methoxy groups -OCH3 is 1. The van der Waals surface area contributed by atoms with Crippen LogP contribution in [0.1, 0.15) is 28.3 Å². The van der Waals surface area contributed by atoms with E-state index in [9.17, 15) is 14.7 Å². The van der Waals surface area contributed by atoms with Gasteiger partial charge in [-0.25, -0.2) is 0 Å². The lowest BCUT2D eigenvalue weighted by molar-refractivity contribution is -0.117. The summed E-state index contributed by atoms with van der Waals surface area (Å²) in [7, 11) is 1.47. The van der Waals surface area contributed by atoms with Crippen LogP contribution >= 0.6 is 0 Å². The number of benzene rings is 2. The van der Waals surface area contributed by atoms with E-state index in [0.717, 1.165) is 5.56 Å². The second-order valence-electron chi connectivity index (χ2n) is 5.46. The molecule has 1 amide bonds. The molecule has 0 spiro atoms. The number of ether oxygens (including phenoxy) is 1. The smallest absolute Gasteiger partial charge is 0.225 e. The van der Waals surface area contributed by atoms with Gasteiger partial charge in [0.25, 0.3) is 0 Å². The van der Waals surface area contributed by atoms with Crippen LogP contribution in [-0.2, 0) is 4.79 Å². The standard InChI is InChI=1S/C18H17NO4/c1-23-15-9-5-3-7-12(15)17(21)18(22)13-10-16(20)19-14-8-4-2-6-11(13)14/h2-9,13,18,22H,10H2,1H3,(H,19,20)/t13-,18+/m0/s1. The van der Waals surface area contributed by atoms with Gasteiger partial charge in [0.2, 0.25) is 5.91 Å². The van der Waals surface area contributed by atoms with Crippen LogP contribution in [0.25, 0.3) is 0 Å². The lowest BCUT2D eigenvalue weighted by Crippen LogP contribution is -2.34. The van der Waals surface area contributed by atoms with Crippen LogP contribution in [0.2, 0.25) is 0 Å². The van der Waals surface area contributed by atoms with Crippen molar-refractivity contribution in [1.29, 1.82) is 0 Å². The van der Waals surface area contributed by atoms with Crippen molar-refractivity contribution >= 4 is 17.4 Å². The Kier molecular flexibility index (Phi) is 4.12. The molecule has 2 aromatic carbocycles. The molecule has 0 aromatic heterocycles. The van der Waals surface area contributed by atoms with Crippen molar-refractivity contribution in [2.45, 2.75) is 18.4 Å². The molecule has 0 aliphatic carbocycles. The van der Waals surface area contributed by atoms with Crippen molar-refractivity contribution in [2.75, 3.05) is 12.4 Å². The highest BCUT2D eigenvalue weighted by atomic mass is 16.5. The zero-order chi connectivity index (χ0) is 16.4. The number of anilines is 1. The molecule has 5 nitrogen and oxygen atoms in total. The second-order valence-corrected chi connectivity index (χ2v) is 5.46. The topological polar surface area (TPSA) is 75.6 Å². The number of fused-ring (bicyclic) bond motifs is 1. The molecule has 1 aliphatic rings. The Morgan fingerprint density at radius 2 is 1.91 bits per heavy atom. The summed E-state index contributed by atoms with van der Waals surface area (Å²) < 4.78 is 5.18. The highest BCUT2D eigenvalue weighted by Crippen LogP contribution is 2.36. The number of carbonyl (C=O) groups excluding carboxylic acids is 2. The summed E-state index contributed by atoms with van der Waals surface area (Å²) in [5.41, 5.74) is 1.72. The van der Waals surface area contributed by atoms with Crippen molar-refractivity contribution in [2.24, 2.45) is 0 Å². The molecule has 3 rings (SSSR count). The first-order chi connectivity index (χ1) is 11.1. The number of ketones is 1. The summed E-state index contributed by atoms with van der Waals surface area (Å²) in [5.74, 6) is -0.819. The van der Waals surface area contributed by atoms with E-state index in [2.05, 4.69) is 5.32 Å². The average molecular weight is 311 g/mol. The quantitative estimate of drug-likeness (QED) is 0.850. The third-order valence-corrected chi connectivity index (χ3v) is 4.06. The molecule has 1 aliphatic heterocycles. The fourth-order valence-corrected chi connectivity index (χ4v) is 2.92. The van der Waals surface area contributed by atoms with Gasteiger partial charge < -0.3 is 15.2 Å². The first kappa shape index (κ1) is 15.2. The molecule has 0 radical (unpaired) electrons. The first-order valence-corrected chi connectivity index (χ1v) is 7.36. The Bertz CT molecular complexity index is 756. The lowest BCUT2D eigenvalue weighted by Gasteiger charge is -2.28. The van der Waals surface area contributed by atoms with Crippen LogP contribution in [0.4, 0.5) is 5.69 Å². The van der Waals surface area contributed by atoms with Crippen molar-refractivity contribution in [3.05, 3.63) is 59.7 Å². The molecular formula is C18H17NO4. The first-order valence-electron chi connectivity index (χ1n) is 7.36. The second kappa shape index (κ2) is 6.22. The van der Waals surface area contributed by atoms with Gasteiger partial charge in [0.1, 0.15) is 11.9 Å². The van der Waals surface area contributed by atoms with Gasteiger partial charge in [-0.1, -0.05) is 30.3 Å². The maximum Gasteiger partial charge on any atom is 0.225 e. The van der Waals surface area contributed by atoms with E-state index in [1.165, 1.54) is 7.11 Å². The Morgan fingerprint density at radius 3 is 2.70 bits per heavy atom. The van der Waals surface area contributed by atoms with Gasteiger partial charge in [-0.2, -0.15) is 0 Å². The largest absolute Gasteiger partial charge is 0.496 e. The molecule has 5 heteroatoms. The minimum Gasteiger partial charge on any atom is -0.496 e. The van der Waals surface area contributed by atoms with Crippen LogP contribution in [0.15, 0.2) is 48.5 Å². The third-order valence-electron chi connectivity index (χ3n) is 4.06. The number of nitrogens with one attached hydrogen (secondary N) is 1. The lowest BCUT2D eigenvalue weighted by atomic mass is 9.83. The Hall–Kier alpha value is -2.66. The molecule has 0 saturated heterocycles. The molecule has 1 heterocycles. The molecule has 23 heavy (non-hydrogen) atoms. The van der Waals surface area contributed by atoms with Crippen LogP contribution in [0.5, 0.6) is 5.75 Å². The SMILES string of the molecule is COc1ccccc1C(=O)[C@H](O)[C@H]1CC(=O)Nc2ccccc21. The molecule has 2 N–H and O–H groups in total. The fraction of sp³-hybridized carbons (Fsp3) is 0.222. The Morgan fingerprint density at radius 1 is 1.22 bits per heavy atom. The highest BCUT2D eigenvalue weighted by Gasteiger charge is 2.35. The summed E-state index contributed by atoms with van der Waals surface area (Å²) in [4.78, 5) is 24.5. The molecule has 118 valence electrons. The zero-order valence-electron chi connectivity index (χ0n) is 12.7. The summed E-state index contributed by atoms with van der Waals surface area (Å²) in [6.45, 7) is 0. The van der Waals surface area contributed by atoms with E-state index < -0.39 is 17.8 Å². The minimum absolute atomic E-state index is 0.0685. The van der Waals surface area contributed by atoms with E-state index in [-0.39, 0.29) is 12.3 Å². The number of Topliss-reactive ketones (excluding diaryl/α,β-unsaturated/α-hetero) is 1. The summed E-state index contributed by atoms with van der Waals surface area (Å²) in [6, 6.07) is 14.0. The monoisotopic (exact) mass is 311 g/mol. The number of carbonyl (C=O) groups is 2. The molecule has 0 unspecified atom stereocenters. The maximum atomic E-state index is 12.7. The minimum atomic E-state index is -1.31. The van der Waals surface area contributed by atoms with Crippen LogP contribution in [0.3, 0.4) is 0 Å². The molecule has 2 aromatic rings. The van der Waals surface area contributed by atoms with E-state index in [0.29, 0.717) is 17.0 Å². The zero-order valence-corrected chi connectivity index (χ0v) is 12.7. The fourth-order valence-electron chi connectivity index (χ4n) is 2.92. The molecule has 2 atom stereocenters. The van der Waals surface area contributed by atoms with E-state index in [1.54, 1.807) is 36.4 Å². The predicted octanol–water partition coefficient (Wildman–Crippen LogP) is 2.36. The number of rotatable bonds is 4. The van der Waals surface area contributed by atoms with Crippen molar-refractivity contribution in [1.82, 2.24) is 0 Å². The normalized spacial score (nSPS) is 17.8. The van der Waals surface area contributed by atoms with Gasteiger partial charge in [0, 0.05) is 18.0 Å². The highest BCUT2D eigenvalue weighted by molar-refractivity contribution is 6.04. The maximum absolute atomic E-state index is 12.7. The van der Waals surface area contributed by atoms with Crippen LogP contribution in [-0.4, -0.2) is 30.0 Å². The molecule has 0 bridgehead atoms. The van der Waals surface area contributed by atoms with Gasteiger partial charge >= 0.3 is 0 Å². The van der Waals surface area contributed by atoms with Crippen molar-refractivity contribution in [3.8, 4) is 5.75 Å². The number of para-hydroxylation sites is 2. The van der Waals surface area contributed by atoms with E-state index >= 15 is 0 Å². The van der Waals surface area contributed by atoms with Gasteiger partial charge in [0.15, 0.2) is 5.78 Å². The van der Waals surface area contributed by atoms with Crippen LogP contribution in [0, 0.1) is 0 Å². The number of amides is 1. The number of hydrogen-bond donors (Lipinski definition) is 2. The third kappa shape index (κ3) is 2.83. The van der Waals surface area contributed by atoms with Gasteiger partial charge in [-0.05, 0) is 23.8 Å². The van der Waals surface area contributed by atoms with E-state index in [1.807, 2.05) is 12.1 Å². The predicted molar refractivity (Wildman–Crippen MR) is 85.8 cm³/mol. The summed E-state index contributed by atoms with van der Waals surface area (Å²) in [6.07, 6.45) is -1.24. The van der Waals surface area contributed by atoms with Crippen LogP contribution < -0.4 is 10.1 Å². The number of aliphatic hydroxyl groups is 1. The van der Waals surface area contributed by atoms with Crippen molar-refractivity contribution in [3.63, 3.8) is 0 Å². The van der Waals surface area contributed by atoms with E-state index in [4.69, 9.17) is 4.74 Å². The summed E-state index contributed by atoms with van der Waals surface area (Å²) in [5, 5.41) is 13.4.